The standard InChI is InChI=1S/C21H18F4N4O4S/c1-10-8-11(2)26-18(22)16(10)33-20-15(12(3)17(28-29-20)21(23,24)25)19(30)27-13-6-5-7-14(9-13)34(4,31)32/h5-9H,1-4H3,(H,27,30). The number of sulfone groups is 1. The Bertz CT molecular complexity index is 1370. The number of aromatic nitrogens is 3. The van der Waals surface area contributed by atoms with Crippen LogP contribution in [0.15, 0.2) is 35.2 Å². The van der Waals surface area contributed by atoms with Crippen molar-refractivity contribution in [3.05, 3.63) is 64.4 Å². The van der Waals surface area contributed by atoms with Crippen molar-refractivity contribution >= 4 is 21.4 Å². The number of carbonyl (C=O) groups is 1. The maximum absolute atomic E-state index is 14.4. The van der Waals surface area contributed by atoms with Crippen LogP contribution in [0, 0.1) is 26.7 Å². The molecule has 34 heavy (non-hydrogen) atoms. The fraction of sp³-hybridized carbons (Fsp3) is 0.238. The quantitative estimate of drug-likeness (QED) is 0.410. The lowest BCUT2D eigenvalue weighted by Crippen LogP contribution is -2.21. The molecule has 1 N–H and O–H groups in total. The number of benzene rings is 1. The molecular formula is C21H18F4N4O4S. The van der Waals surface area contributed by atoms with Crippen molar-refractivity contribution in [3.8, 4) is 11.6 Å². The average molecular weight is 498 g/mol. The molecule has 2 aromatic heterocycles. The maximum Gasteiger partial charge on any atom is 0.435 e. The predicted molar refractivity (Wildman–Crippen MR) is 113 cm³/mol. The first-order valence-corrected chi connectivity index (χ1v) is 11.4. The molecule has 8 nitrogen and oxygen atoms in total. The third-order valence-electron chi connectivity index (χ3n) is 4.64. The second-order valence-corrected chi connectivity index (χ2v) is 9.42. The van der Waals surface area contributed by atoms with Crippen LogP contribution in [0.5, 0.6) is 11.6 Å². The fourth-order valence-electron chi connectivity index (χ4n) is 3.10. The van der Waals surface area contributed by atoms with Crippen LogP contribution in [0.1, 0.15) is 32.9 Å². The van der Waals surface area contributed by atoms with E-state index in [9.17, 15) is 30.8 Å². The van der Waals surface area contributed by atoms with Gasteiger partial charge in [0.1, 0.15) is 5.56 Å². The summed E-state index contributed by atoms with van der Waals surface area (Å²) in [5.74, 6) is -3.28. The van der Waals surface area contributed by atoms with Gasteiger partial charge in [-0.2, -0.15) is 17.6 Å². The summed E-state index contributed by atoms with van der Waals surface area (Å²) in [6, 6.07) is 6.58. The highest BCUT2D eigenvalue weighted by Crippen LogP contribution is 2.36. The van der Waals surface area contributed by atoms with Crippen molar-refractivity contribution in [2.24, 2.45) is 0 Å². The SMILES string of the molecule is Cc1cc(C)c(Oc2nnc(C(F)(F)F)c(C)c2C(=O)Nc2cccc(S(C)(=O)=O)c2)c(F)n1. The average Bonchev–Trinajstić information content (AvgIpc) is 2.69. The lowest BCUT2D eigenvalue weighted by molar-refractivity contribution is -0.142. The Morgan fingerprint density at radius 1 is 1.09 bits per heavy atom. The number of alkyl halides is 3. The minimum atomic E-state index is -4.94. The topological polar surface area (TPSA) is 111 Å². The summed E-state index contributed by atoms with van der Waals surface area (Å²) in [7, 11) is -3.62. The Hall–Kier alpha value is -3.61. The van der Waals surface area contributed by atoms with E-state index < -0.39 is 56.3 Å². The zero-order chi connectivity index (χ0) is 25.4. The number of nitrogens with one attached hydrogen (secondary N) is 1. The zero-order valence-corrected chi connectivity index (χ0v) is 19.1. The number of nitrogens with zero attached hydrogens (tertiary/aromatic N) is 3. The van der Waals surface area contributed by atoms with Crippen LogP contribution in [0.4, 0.5) is 23.2 Å². The molecule has 2 heterocycles. The predicted octanol–water partition coefficient (Wildman–Crippen LogP) is 4.40. The number of pyridine rings is 1. The van der Waals surface area contributed by atoms with E-state index in [0.29, 0.717) is 5.69 Å². The second-order valence-electron chi connectivity index (χ2n) is 7.41. The van der Waals surface area contributed by atoms with E-state index in [4.69, 9.17) is 4.74 Å². The normalized spacial score (nSPS) is 11.9. The molecule has 13 heteroatoms. The minimum Gasteiger partial charge on any atom is -0.432 e. The van der Waals surface area contributed by atoms with E-state index in [2.05, 4.69) is 20.5 Å². The Labute approximate surface area is 191 Å². The number of anilines is 1. The summed E-state index contributed by atoms with van der Waals surface area (Å²) in [4.78, 5) is 16.5. The number of amides is 1. The molecule has 0 bridgehead atoms. The molecule has 0 aliphatic carbocycles. The van der Waals surface area contributed by atoms with Crippen LogP contribution < -0.4 is 10.1 Å². The number of rotatable bonds is 5. The molecule has 0 aliphatic heterocycles. The Balaban J connectivity index is 2.11. The van der Waals surface area contributed by atoms with Crippen molar-refractivity contribution in [2.45, 2.75) is 31.8 Å². The lowest BCUT2D eigenvalue weighted by Gasteiger charge is -2.17. The molecule has 0 atom stereocenters. The van der Waals surface area contributed by atoms with Gasteiger partial charge in [-0.25, -0.2) is 13.4 Å². The summed E-state index contributed by atoms with van der Waals surface area (Å²) >= 11 is 0. The summed E-state index contributed by atoms with van der Waals surface area (Å²) in [6.07, 6.45) is -3.98. The first-order chi connectivity index (χ1) is 15.7. The van der Waals surface area contributed by atoms with E-state index in [0.717, 1.165) is 19.2 Å². The van der Waals surface area contributed by atoms with Crippen LogP contribution in [0.25, 0.3) is 0 Å². The van der Waals surface area contributed by atoms with Gasteiger partial charge in [0.25, 0.3) is 17.7 Å². The lowest BCUT2D eigenvalue weighted by atomic mass is 10.1. The summed E-state index contributed by atoms with van der Waals surface area (Å²) in [5.41, 5.74) is -2.13. The second kappa shape index (κ2) is 8.97. The van der Waals surface area contributed by atoms with Crippen molar-refractivity contribution < 1.29 is 35.5 Å². The van der Waals surface area contributed by atoms with E-state index in [1.165, 1.54) is 38.1 Å². The third kappa shape index (κ3) is 5.30. The van der Waals surface area contributed by atoms with E-state index in [-0.39, 0.29) is 16.1 Å². The molecule has 0 saturated heterocycles. The highest BCUT2D eigenvalue weighted by molar-refractivity contribution is 7.90. The van der Waals surface area contributed by atoms with E-state index >= 15 is 0 Å². The molecule has 0 radical (unpaired) electrons. The number of hydrogen-bond donors (Lipinski definition) is 1. The van der Waals surface area contributed by atoms with Crippen LogP contribution in [-0.2, 0) is 16.0 Å². The Morgan fingerprint density at radius 3 is 2.35 bits per heavy atom. The van der Waals surface area contributed by atoms with Gasteiger partial charge in [0.15, 0.2) is 21.3 Å². The van der Waals surface area contributed by atoms with Gasteiger partial charge >= 0.3 is 6.18 Å². The number of ether oxygens (including phenoxy) is 1. The molecule has 1 aromatic carbocycles. The van der Waals surface area contributed by atoms with Gasteiger partial charge in [0, 0.05) is 17.6 Å². The summed E-state index contributed by atoms with van der Waals surface area (Å²) < 4.78 is 83.6. The van der Waals surface area contributed by atoms with Crippen molar-refractivity contribution in [3.63, 3.8) is 0 Å². The van der Waals surface area contributed by atoms with Crippen LogP contribution in [0.2, 0.25) is 0 Å². The molecule has 3 aromatic rings. The van der Waals surface area contributed by atoms with Crippen LogP contribution >= 0.6 is 0 Å². The van der Waals surface area contributed by atoms with Gasteiger partial charge in [0.2, 0.25) is 0 Å². The van der Waals surface area contributed by atoms with Crippen molar-refractivity contribution in [2.75, 3.05) is 11.6 Å². The van der Waals surface area contributed by atoms with Crippen molar-refractivity contribution in [1.82, 2.24) is 15.2 Å². The first-order valence-electron chi connectivity index (χ1n) is 9.56. The molecule has 0 aliphatic rings. The zero-order valence-electron chi connectivity index (χ0n) is 18.3. The van der Waals surface area contributed by atoms with E-state index in [1.54, 1.807) is 0 Å². The summed E-state index contributed by atoms with van der Waals surface area (Å²) in [5, 5.41) is 8.83. The number of hydrogen-bond acceptors (Lipinski definition) is 7. The maximum atomic E-state index is 14.4. The number of aryl methyl sites for hydroxylation is 2. The molecule has 0 unspecified atom stereocenters. The largest absolute Gasteiger partial charge is 0.435 e. The fourth-order valence-corrected chi connectivity index (χ4v) is 3.77. The summed E-state index contributed by atoms with van der Waals surface area (Å²) in [6.45, 7) is 4.00. The first kappa shape index (κ1) is 25.0. The smallest absolute Gasteiger partial charge is 0.432 e. The van der Waals surface area contributed by atoms with Crippen LogP contribution in [-0.4, -0.2) is 35.8 Å². The van der Waals surface area contributed by atoms with Crippen LogP contribution in [0.3, 0.4) is 0 Å². The number of halogens is 4. The minimum absolute atomic E-state index is 0.0111. The highest BCUT2D eigenvalue weighted by Gasteiger charge is 2.38. The molecule has 0 saturated carbocycles. The van der Waals surface area contributed by atoms with Gasteiger partial charge in [0.05, 0.1) is 4.90 Å². The Morgan fingerprint density at radius 2 is 1.76 bits per heavy atom. The Kier molecular flexibility index (Phi) is 6.60. The molecule has 0 spiro atoms. The van der Waals surface area contributed by atoms with Gasteiger partial charge in [-0.1, -0.05) is 6.07 Å². The monoisotopic (exact) mass is 498 g/mol. The molecule has 3 rings (SSSR count). The molecule has 0 fully saturated rings. The van der Waals surface area contributed by atoms with Crippen molar-refractivity contribution in [1.29, 1.82) is 0 Å². The van der Waals surface area contributed by atoms with E-state index in [1.807, 2.05) is 0 Å². The highest BCUT2D eigenvalue weighted by atomic mass is 32.2. The van der Waals surface area contributed by atoms with Gasteiger partial charge in [-0.15, -0.1) is 10.2 Å². The van der Waals surface area contributed by atoms with Gasteiger partial charge in [-0.05, 0) is 56.2 Å². The third-order valence-corrected chi connectivity index (χ3v) is 5.75. The molecule has 1 amide bonds. The molecular weight excluding hydrogens is 480 g/mol. The van der Waals surface area contributed by atoms with Gasteiger partial charge in [-0.3, -0.25) is 4.79 Å². The number of carbonyl (C=O) groups excluding carboxylic acids is 1. The van der Waals surface area contributed by atoms with Gasteiger partial charge < -0.3 is 10.1 Å². The molecule has 180 valence electrons.